The molecule has 20 heavy (non-hydrogen) atoms. The van der Waals surface area contributed by atoms with E-state index in [2.05, 4.69) is 6.92 Å². The van der Waals surface area contributed by atoms with Crippen LogP contribution in [0.3, 0.4) is 0 Å². The summed E-state index contributed by atoms with van der Waals surface area (Å²) in [6.07, 6.45) is 3.85. The number of esters is 2. The first-order valence-corrected chi connectivity index (χ1v) is 7.63. The van der Waals surface area contributed by atoms with E-state index in [1.807, 2.05) is 20.8 Å². The van der Waals surface area contributed by atoms with Gasteiger partial charge in [-0.25, -0.2) is 0 Å². The van der Waals surface area contributed by atoms with Gasteiger partial charge in [0.2, 0.25) is 0 Å². The van der Waals surface area contributed by atoms with E-state index in [4.69, 9.17) is 9.47 Å². The Hall–Kier alpha value is -1.06. The topological polar surface area (TPSA) is 52.6 Å². The molecule has 3 aliphatic rings. The Morgan fingerprint density at radius 3 is 2.85 bits per heavy atom. The molecule has 4 heteroatoms. The maximum atomic E-state index is 12.3. The normalized spacial score (nSPS) is 34.1. The summed E-state index contributed by atoms with van der Waals surface area (Å²) >= 11 is 0. The van der Waals surface area contributed by atoms with Gasteiger partial charge in [-0.15, -0.1) is 0 Å². The van der Waals surface area contributed by atoms with Gasteiger partial charge in [-0.05, 0) is 45.4 Å². The molecule has 0 spiro atoms. The Morgan fingerprint density at radius 1 is 1.50 bits per heavy atom. The van der Waals surface area contributed by atoms with E-state index < -0.39 is 5.41 Å². The van der Waals surface area contributed by atoms with Crippen molar-refractivity contribution in [2.24, 2.45) is 16.7 Å². The van der Waals surface area contributed by atoms with Gasteiger partial charge in [-0.3, -0.25) is 9.59 Å². The molecule has 1 aliphatic carbocycles. The van der Waals surface area contributed by atoms with E-state index >= 15 is 0 Å². The summed E-state index contributed by atoms with van der Waals surface area (Å²) in [6, 6.07) is 0. The Labute approximate surface area is 121 Å². The second kappa shape index (κ2) is 5.38. The first-order valence-electron chi connectivity index (χ1n) is 7.63. The standard InChI is InChI=1S/C16H26O4/c1-5-15(2,3)14(18)20-12-8-11-6-7-16(12,4)10-19-13(17)9-11/h11-12H,5-10H2,1-4H3. The smallest absolute Gasteiger partial charge is 0.311 e. The highest BCUT2D eigenvalue weighted by Crippen LogP contribution is 2.44. The number of fused-ring (bicyclic) bond motifs is 5. The Bertz CT molecular complexity index is 401. The fourth-order valence-electron chi connectivity index (χ4n) is 2.91. The summed E-state index contributed by atoms with van der Waals surface area (Å²) in [6.45, 7) is 8.26. The molecule has 4 nitrogen and oxygen atoms in total. The van der Waals surface area contributed by atoms with Crippen LogP contribution in [0, 0.1) is 16.7 Å². The molecular weight excluding hydrogens is 256 g/mol. The first-order chi connectivity index (χ1) is 9.27. The van der Waals surface area contributed by atoms with Gasteiger partial charge in [0.25, 0.3) is 0 Å². The summed E-state index contributed by atoms with van der Waals surface area (Å²) < 4.78 is 11.1. The minimum atomic E-state index is -0.450. The minimum Gasteiger partial charge on any atom is -0.465 e. The largest absolute Gasteiger partial charge is 0.465 e. The van der Waals surface area contributed by atoms with Gasteiger partial charge in [0.15, 0.2) is 0 Å². The molecule has 0 aromatic carbocycles. The third-order valence-electron chi connectivity index (χ3n) is 5.15. The number of ether oxygens (including phenoxy) is 2. The zero-order valence-electron chi connectivity index (χ0n) is 13.0. The number of rotatable bonds is 3. The highest BCUT2D eigenvalue weighted by Gasteiger charge is 2.46. The van der Waals surface area contributed by atoms with E-state index in [-0.39, 0.29) is 23.5 Å². The van der Waals surface area contributed by atoms with Crippen molar-refractivity contribution >= 4 is 11.9 Å². The summed E-state index contributed by atoms with van der Waals surface area (Å²) in [5.74, 6) is 0.0433. The summed E-state index contributed by atoms with van der Waals surface area (Å²) in [5, 5.41) is 0. The van der Waals surface area contributed by atoms with Crippen LogP contribution in [0.15, 0.2) is 0 Å². The monoisotopic (exact) mass is 282 g/mol. The average molecular weight is 282 g/mol. The molecule has 3 rings (SSSR count). The average Bonchev–Trinajstić information content (AvgIpc) is 2.39. The maximum absolute atomic E-state index is 12.3. The van der Waals surface area contributed by atoms with Crippen LogP contribution < -0.4 is 0 Å². The number of hydrogen-bond acceptors (Lipinski definition) is 4. The van der Waals surface area contributed by atoms with Gasteiger partial charge in [0, 0.05) is 11.8 Å². The molecule has 0 aromatic heterocycles. The molecule has 3 fully saturated rings. The minimum absolute atomic E-state index is 0.111. The van der Waals surface area contributed by atoms with Gasteiger partial charge in [-0.2, -0.15) is 0 Å². The molecule has 114 valence electrons. The SMILES string of the molecule is CCC(C)(C)C(=O)OC1CC2CCC1(C)COC(=O)C2. The predicted octanol–water partition coefficient (Wildman–Crippen LogP) is 3.09. The Balaban J connectivity index is 2.11. The molecule has 0 N–H and O–H groups in total. The first kappa shape index (κ1) is 15.3. The maximum Gasteiger partial charge on any atom is 0.311 e. The second-order valence-corrected chi connectivity index (χ2v) is 7.29. The predicted molar refractivity (Wildman–Crippen MR) is 75.0 cm³/mol. The van der Waals surface area contributed by atoms with Crippen LogP contribution in [0.2, 0.25) is 0 Å². The van der Waals surface area contributed by atoms with Crippen LogP contribution in [0.4, 0.5) is 0 Å². The van der Waals surface area contributed by atoms with Crippen LogP contribution >= 0.6 is 0 Å². The van der Waals surface area contributed by atoms with Crippen molar-refractivity contribution in [1.29, 1.82) is 0 Å². The van der Waals surface area contributed by atoms with Crippen molar-refractivity contribution in [3.63, 3.8) is 0 Å². The van der Waals surface area contributed by atoms with Crippen molar-refractivity contribution in [3.8, 4) is 0 Å². The van der Waals surface area contributed by atoms with Crippen molar-refractivity contribution in [2.75, 3.05) is 6.61 Å². The lowest BCUT2D eigenvalue weighted by Gasteiger charge is -2.45. The zero-order valence-corrected chi connectivity index (χ0v) is 13.0. The number of carbonyl (C=O) groups is 2. The third kappa shape index (κ3) is 2.99. The van der Waals surface area contributed by atoms with Crippen LogP contribution in [0.5, 0.6) is 0 Å². The van der Waals surface area contributed by atoms with Gasteiger partial charge in [-0.1, -0.05) is 13.8 Å². The fraction of sp³-hybridized carbons (Fsp3) is 0.875. The lowest BCUT2D eigenvalue weighted by atomic mass is 9.68. The van der Waals surface area contributed by atoms with E-state index in [9.17, 15) is 9.59 Å². The molecule has 3 unspecified atom stereocenters. The molecule has 3 atom stereocenters. The molecule has 2 saturated heterocycles. The lowest BCUT2D eigenvalue weighted by molar-refractivity contribution is -0.182. The van der Waals surface area contributed by atoms with Gasteiger partial charge < -0.3 is 9.47 Å². The molecular formula is C16H26O4. The fourth-order valence-corrected chi connectivity index (χ4v) is 2.91. The van der Waals surface area contributed by atoms with E-state index in [0.29, 0.717) is 18.9 Å². The quantitative estimate of drug-likeness (QED) is 0.746. The number of carbonyl (C=O) groups excluding carboxylic acids is 2. The Morgan fingerprint density at radius 2 is 2.20 bits per heavy atom. The van der Waals surface area contributed by atoms with Crippen LogP contribution in [0.1, 0.15) is 59.8 Å². The van der Waals surface area contributed by atoms with Crippen molar-refractivity contribution < 1.29 is 19.1 Å². The lowest BCUT2D eigenvalue weighted by Crippen LogP contribution is -2.48. The summed E-state index contributed by atoms with van der Waals surface area (Å²) in [4.78, 5) is 23.9. The van der Waals surface area contributed by atoms with Gasteiger partial charge >= 0.3 is 11.9 Å². The van der Waals surface area contributed by atoms with Crippen LogP contribution in [0.25, 0.3) is 0 Å². The highest BCUT2D eigenvalue weighted by molar-refractivity contribution is 5.76. The second-order valence-electron chi connectivity index (χ2n) is 7.29. The molecule has 2 bridgehead atoms. The highest BCUT2D eigenvalue weighted by atomic mass is 16.6. The van der Waals surface area contributed by atoms with Gasteiger partial charge in [0.1, 0.15) is 12.7 Å². The summed E-state index contributed by atoms with van der Waals surface area (Å²) in [5.41, 5.74) is -0.680. The van der Waals surface area contributed by atoms with E-state index in [0.717, 1.165) is 25.7 Å². The molecule has 2 aliphatic heterocycles. The molecule has 0 amide bonds. The molecule has 0 radical (unpaired) electrons. The van der Waals surface area contributed by atoms with Crippen LogP contribution in [-0.4, -0.2) is 24.6 Å². The zero-order chi connectivity index (χ0) is 15.0. The summed E-state index contributed by atoms with van der Waals surface area (Å²) in [7, 11) is 0. The van der Waals surface area contributed by atoms with Crippen molar-refractivity contribution in [1.82, 2.24) is 0 Å². The molecule has 0 aromatic rings. The van der Waals surface area contributed by atoms with Crippen molar-refractivity contribution in [2.45, 2.75) is 65.9 Å². The number of hydrogen-bond donors (Lipinski definition) is 0. The molecule has 1 saturated carbocycles. The van der Waals surface area contributed by atoms with E-state index in [1.54, 1.807) is 0 Å². The third-order valence-corrected chi connectivity index (χ3v) is 5.15. The van der Waals surface area contributed by atoms with Gasteiger partial charge in [0.05, 0.1) is 5.41 Å². The molecule has 2 heterocycles. The van der Waals surface area contributed by atoms with E-state index in [1.165, 1.54) is 0 Å². The van der Waals surface area contributed by atoms with Crippen LogP contribution in [-0.2, 0) is 19.1 Å². The van der Waals surface area contributed by atoms with Crippen molar-refractivity contribution in [3.05, 3.63) is 0 Å². The Kier molecular flexibility index (Phi) is 4.12.